The number of carbonyl (C=O) groups is 1. The molecule has 6 heteroatoms. The molecule has 0 N–H and O–H groups in total. The molecule has 1 amide bonds. The minimum Gasteiger partial charge on any atom is -0.494 e. The lowest BCUT2D eigenvalue weighted by atomic mass is 10.2. The van der Waals surface area contributed by atoms with Crippen LogP contribution in [0.2, 0.25) is 0 Å². The second-order valence-corrected chi connectivity index (χ2v) is 6.27. The number of amides is 1. The summed E-state index contributed by atoms with van der Waals surface area (Å²) in [4.78, 5) is 16.1. The number of ether oxygens (including phenoxy) is 2. The number of hydrogen-bond donors (Lipinski definition) is 0. The van der Waals surface area contributed by atoms with Gasteiger partial charge in [0.15, 0.2) is 5.75 Å². The Balaban J connectivity index is 2.30. The van der Waals surface area contributed by atoms with Crippen LogP contribution < -0.4 is 4.74 Å². The van der Waals surface area contributed by atoms with E-state index in [1.807, 2.05) is 18.7 Å². The van der Waals surface area contributed by atoms with Gasteiger partial charge in [-0.15, -0.1) is 11.3 Å². The first-order valence-electron chi connectivity index (χ1n) is 5.77. The molecule has 18 heavy (non-hydrogen) atoms. The second kappa shape index (κ2) is 5.59. The molecule has 1 aromatic heterocycles. The van der Waals surface area contributed by atoms with Crippen LogP contribution in [0.15, 0.2) is 4.47 Å². The van der Waals surface area contributed by atoms with Crippen molar-refractivity contribution in [3.05, 3.63) is 14.2 Å². The minimum absolute atomic E-state index is 0.0291. The van der Waals surface area contributed by atoms with Gasteiger partial charge in [-0.1, -0.05) is 0 Å². The minimum atomic E-state index is 0.0291. The highest BCUT2D eigenvalue weighted by molar-refractivity contribution is 9.10. The summed E-state index contributed by atoms with van der Waals surface area (Å²) >= 11 is 4.92. The lowest BCUT2D eigenvalue weighted by Gasteiger charge is -2.33. The van der Waals surface area contributed by atoms with Gasteiger partial charge in [0.1, 0.15) is 4.88 Å². The average Bonchev–Trinajstić information content (AvgIpc) is 2.65. The third-order valence-corrected chi connectivity index (χ3v) is 5.29. The Morgan fingerprint density at radius 2 is 2.33 bits per heavy atom. The molecule has 1 fully saturated rings. The van der Waals surface area contributed by atoms with Gasteiger partial charge in [0, 0.05) is 11.4 Å². The highest BCUT2D eigenvalue weighted by Gasteiger charge is 2.29. The molecule has 0 aromatic carbocycles. The van der Waals surface area contributed by atoms with E-state index in [2.05, 4.69) is 15.9 Å². The second-order valence-electron chi connectivity index (χ2n) is 4.26. The summed E-state index contributed by atoms with van der Waals surface area (Å²) in [6.45, 7) is 5.80. The van der Waals surface area contributed by atoms with E-state index in [0.717, 1.165) is 9.35 Å². The van der Waals surface area contributed by atoms with E-state index in [1.54, 1.807) is 7.11 Å². The SMILES string of the molecule is COc1c(C(=O)N2CCOC[C@@H]2C)sc(C)c1Br. The van der Waals surface area contributed by atoms with Gasteiger partial charge >= 0.3 is 0 Å². The molecule has 2 rings (SSSR count). The van der Waals surface area contributed by atoms with Crippen molar-refractivity contribution in [2.75, 3.05) is 26.9 Å². The Kier molecular flexibility index (Phi) is 4.29. The van der Waals surface area contributed by atoms with E-state index in [9.17, 15) is 4.79 Å². The lowest BCUT2D eigenvalue weighted by molar-refractivity contribution is 0.00373. The summed E-state index contributed by atoms with van der Waals surface area (Å²) < 4.78 is 11.6. The fraction of sp³-hybridized carbons (Fsp3) is 0.583. The number of aryl methyl sites for hydroxylation is 1. The zero-order valence-corrected chi connectivity index (χ0v) is 13.1. The maximum atomic E-state index is 12.5. The van der Waals surface area contributed by atoms with Gasteiger partial charge in [-0.3, -0.25) is 4.79 Å². The topological polar surface area (TPSA) is 38.8 Å². The van der Waals surface area contributed by atoms with Crippen LogP contribution in [0.3, 0.4) is 0 Å². The predicted molar refractivity (Wildman–Crippen MR) is 74.6 cm³/mol. The molecule has 0 saturated carbocycles. The lowest BCUT2D eigenvalue weighted by Crippen LogP contribution is -2.46. The first kappa shape index (κ1) is 13.8. The third-order valence-electron chi connectivity index (χ3n) is 3.00. The van der Waals surface area contributed by atoms with Crippen LogP contribution in [0.1, 0.15) is 21.5 Å². The summed E-state index contributed by atoms with van der Waals surface area (Å²) in [7, 11) is 1.59. The van der Waals surface area contributed by atoms with Crippen molar-refractivity contribution in [1.82, 2.24) is 4.90 Å². The summed E-state index contributed by atoms with van der Waals surface area (Å²) in [5.74, 6) is 0.669. The molecule has 4 nitrogen and oxygen atoms in total. The molecule has 100 valence electrons. The largest absolute Gasteiger partial charge is 0.494 e. The van der Waals surface area contributed by atoms with Crippen molar-refractivity contribution < 1.29 is 14.3 Å². The zero-order valence-electron chi connectivity index (χ0n) is 10.7. The number of rotatable bonds is 2. The van der Waals surface area contributed by atoms with E-state index in [4.69, 9.17) is 9.47 Å². The van der Waals surface area contributed by atoms with E-state index in [0.29, 0.717) is 30.4 Å². The molecule has 0 bridgehead atoms. The highest BCUT2D eigenvalue weighted by Crippen LogP contribution is 2.40. The van der Waals surface area contributed by atoms with E-state index in [1.165, 1.54) is 11.3 Å². The van der Waals surface area contributed by atoms with Crippen LogP contribution >= 0.6 is 27.3 Å². The van der Waals surface area contributed by atoms with Crippen LogP contribution in [-0.2, 0) is 4.74 Å². The molecule has 1 atom stereocenters. The van der Waals surface area contributed by atoms with E-state index < -0.39 is 0 Å². The van der Waals surface area contributed by atoms with Crippen LogP contribution in [0.25, 0.3) is 0 Å². The molecular weight excluding hydrogens is 318 g/mol. The van der Waals surface area contributed by atoms with Gasteiger partial charge in [0.2, 0.25) is 0 Å². The number of thiophene rings is 1. The summed E-state index contributed by atoms with van der Waals surface area (Å²) in [5.41, 5.74) is 0. The fourth-order valence-electron chi connectivity index (χ4n) is 1.99. The maximum Gasteiger partial charge on any atom is 0.268 e. The van der Waals surface area contributed by atoms with Gasteiger partial charge in [-0.05, 0) is 29.8 Å². The molecule has 2 heterocycles. The van der Waals surface area contributed by atoms with Gasteiger partial charge in [-0.25, -0.2) is 0 Å². The Labute approximate surface area is 119 Å². The monoisotopic (exact) mass is 333 g/mol. The number of hydrogen-bond acceptors (Lipinski definition) is 4. The van der Waals surface area contributed by atoms with Gasteiger partial charge in [0.05, 0.1) is 30.8 Å². The number of carbonyl (C=O) groups excluding carboxylic acids is 1. The van der Waals surface area contributed by atoms with Crippen LogP contribution in [0, 0.1) is 6.92 Å². The quantitative estimate of drug-likeness (QED) is 0.835. The fourth-order valence-corrected chi connectivity index (χ4v) is 3.69. The maximum absolute atomic E-state index is 12.5. The normalized spacial score (nSPS) is 20.0. The van der Waals surface area contributed by atoms with Crippen molar-refractivity contribution in [2.45, 2.75) is 19.9 Å². The van der Waals surface area contributed by atoms with Gasteiger partial charge in [-0.2, -0.15) is 0 Å². The number of morpholine rings is 1. The van der Waals surface area contributed by atoms with Gasteiger partial charge < -0.3 is 14.4 Å². The van der Waals surface area contributed by atoms with Crippen LogP contribution in [0.4, 0.5) is 0 Å². The Morgan fingerprint density at radius 1 is 1.61 bits per heavy atom. The summed E-state index contributed by atoms with van der Waals surface area (Å²) in [5, 5.41) is 0. The standard InChI is InChI=1S/C12H16BrNO3S/c1-7-6-17-5-4-14(7)12(15)11-10(16-3)9(13)8(2)18-11/h7H,4-6H2,1-3H3/t7-/m0/s1. The molecule has 1 aliphatic heterocycles. The molecule has 1 aromatic rings. The summed E-state index contributed by atoms with van der Waals surface area (Å²) in [6, 6.07) is 0.108. The first-order chi connectivity index (χ1) is 8.56. The zero-order chi connectivity index (χ0) is 13.3. The van der Waals surface area contributed by atoms with Crippen molar-refractivity contribution in [3.63, 3.8) is 0 Å². The first-order valence-corrected chi connectivity index (χ1v) is 7.38. The molecule has 0 spiro atoms. The van der Waals surface area contributed by atoms with Gasteiger partial charge in [0.25, 0.3) is 5.91 Å². The van der Waals surface area contributed by atoms with Crippen molar-refractivity contribution in [2.24, 2.45) is 0 Å². The number of halogens is 1. The Bertz CT molecular complexity index is 460. The molecule has 0 unspecified atom stereocenters. The highest BCUT2D eigenvalue weighted by atomic mass is 79.9. The summed E-state index contributed by atoms with van der Waals surface area (Å²) in [6.07, 6.45) is 0. The molecule has 1 saturated heterocycles. The molecule has 0 aliphatic carbocycles. The average molecular weight is 334 g/mol. The van der Waals surface area contributed by atoms with E-state index in [-0.39, 0.29) is 11.9 Å². The Hall–Kier alpha value is -0.590. The van der Waals surface area contributed by atoms with E-state index >= 15 is 0 Å². The molecule has 1 aliphatic rings. The smallest absolute Gasteiger partial charge is 0.268 e. The van der Waals surface area contributed by atoms with Crippen molar-refractivity contribution >= 4 is 33.2 Å². The predicted octanol–water partition coefficient (Wildman–Crippen LogP) is 2.69. The number of nitrogens with zero attached hydrogens (tertiary/aromatic N) is 1. The van der Waals surface area contributed by atoms with Crippen molar-refractivity contribution in [1.29, 1.82) is 0 Å². The van der Waals surface area contributed by atoms with Crippen LogP contribution in [0.5, 0.6) is 5.75 Å². The molecular formula is C12H16BrNO3S. The van der Waals surface area contributed by atoms with Crippen LogP contribution in [-0.4, -0.2) is 43.7 Å². The molecule has 0 radical (unpaired) electrons. The van der Waals surface area contributed by atoms with Crippen molar-refractivity contribution in [3.8, 4) is 5.75 Å². The third kappa shape index (κ3) is 2.41. The Morgan fingerprint density at radius 3 is 2.94 bits per heavy atom. The number of methoxy groups -OCH3 is 1.